The van der Waals surface area contributed by atoms with Crippen LogP contribution in [0.25, 0.3) is 10.9 Å². The van der Waals surface area contributed by atoms with Gasteiger partial charge < -0.3 is 10.1 Å². The first-order valence-corrected chi connectivity index (χ1v) is 8.82. The number of hydrogen-bond donors (Lipinski definition) is 2. The van der Waals surface area contributed by atoms with Crippen LogP contribution in [0.3, 0.4) is 0 Å². The van der Waals surface area contributed by atoms with Crippen molar-refractivity contribution in [3.05, 3.63) is 71.3 Å². The number of anilines is 1. The van der Waals surface area contributed by atoms with Gasteiger partial charge in [0.25, 0.3) is 5.91 Å². The van der Waals surface area contributed by atoms with Crippen molar-refractivity contribution in [3.8, 4) is 11.5 Å². The average Bonchev–Trinajstić information content (AvgIpc) is 3.11. The van der Waals surface area contributed by atoms with Crippen LogP contribution in [0, 0.1) is 20.8 Å². The molecule has 0 aliphatic rings. The van der Waals surface area contributed by atoms with E-state index in [1.54, 1.807) is 30.7 Å². The Morgan fingerprint density at radius 2 is 1.82 bits per heavy atom. The van der Waals surface area contributed by atoms with Crippen LogP contribution in [0.15, 0.2) is 48.9 Å². The van der Waals surface area contributed by atoms with Crippen molar-refractivity contribution in [1.29, 1.82) is 0 Å². The van der Waals surface area contributed by atoms with Gasteiger partial charge in [-0.1, -0.05) is 0 Å². The van der Waals surface area contributed by atoms with Gasteiger partial charge in [0.1, 0.15) is 23.0 Å². The number of benzene rings is 1. The molecule has 0 radical (unpaired) electrons. The lowest BCUT2D eigenvalue weighted by Gasteiger charge is -2.11. The molecular weight excluding hydrogens is 354 g/mol. The number of aromatic amines is 1. The molecule has 0 spiro atoms. The molecule has 0 aliphatic heterocycles. The summed E-state index contributed by atoms with van der Waals surface area (Å²) in [4.78, 5) is 20.9. The van der Waals surface area contributed by atoms with E-state index in [1.807, 2.05) is 19.1 Å². The normalized spacial score (nSPS) is 10.8. The van der Waals surface area contributed by atoms with Crippen molar-refractivity contribution in [1.82, 2.24) is 20.2 Å². The van der Waals surface area contributed by atoms with E-state index < -0.39 is 0 Å². The fraction of sp³-hybridized carbons (Fsp3) is 0.143. The maximum Gasteiger partial charge on any atom is 0.275 e. The zero-order valence-corrected chi connectivity index (χ0v) is 15.8. The maximum atomic E-state index is 12.2. The van der Waals surface area contributed by atoms with Crippen molar-refractivity contribution in [2.24, 2.45) is 0 Å². The van der Waals surface area contributed by atoms with Crippen LogP contribution < -0.4 is 10.1 Å². The number of hydrogen-bond acceptors (Lipinski definition) is 5. The molecule has 140 valence electrons. The molecule has 4 aromatic rings. The SMILES string of the molecule is Cc1cc2nccc(Oc3ccc(NC(=O)c4[nH]ncc4C)nc3)c2cc1C. The summed E-state index contributed by atoms with van der Waals surface area (Å²) >= 11 is 0. The fourth-order valence-corrected chi connectivity index (χ4v) is 2.87. The van der Waals surface area contributed by atoms with E-state index in [0.29, 0.717) is 23.0 Å². The van der Waals surface area contributed by atoms with Crippen molar-refractivity contribution in [3.63, 3.8) is 0 Å². The van der Waals surface area contributed by atoms with E-state index in [0.717, 1.165) is 16.5 Å². The minimum absolute atomic E-state index is 0.290. The quantitative estimate of drug-likeness (QED) is 0.556. The number of fused-ring (bicyclic) bond motifs is 1. The summed E-state index contributed by atoms with van der Waals surface area (Å²) in [5.41, 5.74) is 4.43. The van der Waals surface area contributed by atoms with Crippen LogP contribution in [0.5, 0.6) is 11.5 Å². The van der Waals surface area contributed by atoms with E-state index in [9.17, 15) is 4.79 Å². The van der Waals surface area contributed by atoms with Crippen LogP contribution in [0.2, 0.25) is 0 Å². The summed E-state index contributed by atoms with van der Waals surface area (Å²) in [5.74, 6) is 1.42. The molecule has 1 amide bonds. The standard InChI is InChI=1S/C21H19N5O2/c1-12-8-16-17(9-13(12)2)22-7-6-18(16)28-15-4-5-19(23-11-15)25-21(27)20-14(3)10-24-26-20/h4-11H,1-3H3,(H,24,26)(H,23,25,27). The summed E-state index contributed by atoms with van der Waals surface area (Å²) < 4.78 is 6.01. The third-order valence-electron chi connectivity index (χ3n) is 4.58. The molecule has 0 aliphatic carbocycles. The minimum Gasteiger partial charge on any atom is -0.455 e. The zero-order valence-electron chi connectivity index (χ0n) is 15.8. The van der Waals surface area contributed by atoms with Gasteiger partial charge in [-0.05, 0) is 67.8 Å². The predicted molar refractivity (Wildman–Crippen MR) is 107 cm³/mol. The largest absolute Gasteiger partial charge is 0.455 e. The first-order valence-electron chi connectivity index (χ1n) is 8.82. The van der Waals surface area contributed by atoms with Crippen molar-refractivity contribution in [2.45, 2.75) is 20.8 Å². The fourth-order valence-electron chi connectivity index (χ4n) is 2.87. The Kier molecular flexibility index (Phi) is 4.49. The Labute approximate surface area is 161 Å². The highest BCUT2D eigenvalue weighted by Crippen LogP contribution is 2.30. The Morgan fingerprint density at radius 1 is 1.00 bits per heavy atom. The summed E-state index contributed by atoms with van der Waals surface area (Å²) in [6.07, 6.45) is 4.89. The predicted octanol–water partition coefficient (Wildman–Crippen LogP) is 4.32. The van der Waals surface area contributed by atoms with Crippen molar-refractivity contribution < 1.29 is 9.53 Å². The lowest BCUT2D eigenvalue weighted by atomic mass is 10.1. The molecule has 0 atom stereocenters. The van der Waals surface area contributed by atoms with E-state index in [2.05, 4.69) is 45.4 Å². The third-order valence-corrected chi connectivity index (χ3v) is 4.58. The van der Waals surface area contributed by atoms with E-state index in [1.165, 1.54) is 11.1 Å². The van der Waals surface area contributed by atoms with Gasteiger partial charge >= 0.3 is 0 Å². The average molecular weight is 373 g/mol. The van der Waals surface area contributed by atoms with Gasteiger partial charge in [-0.2, -0.15) is 5.10 Å². The number of pyridine rings is 2. The third kappa shape index (κ3) is 3.42. The van der Waals surface area contributed by atoms with Gasteiger partial charge in [0.2, 0.25) is 0 Å². The highest BCUT2D eigenvalue weighted by atomic mass is 16.5. The second kappa shape index (κ2) is 7.11. The number of carbonyl (C=O) groups is 1. The zero-order chi connectivity index (χ0) is 19.7. The Balaban J connectivity index is 1.54. The van der Waals surface area contributed by atoms with Crippen LogP contribution in [-0.4, -0.2) is 26.1 Å². The van der Waals surface area contributed by atoms with Crippen LogP contribution in [0.4, 0.5) is 5.82 Å². The molecule has 3 heterocycles. The second-order valence-electron chi connectivity index (χ2n) is 6.63. The molecule has 3 aromatic heterocycles. The smallest absolute Gasteiger partial charge is 0.275 e. The Morgan fingerprint density at radius 3 is 2.54 bits per heavy atom. The van der Waals surface area contributed by atoms with Crippen molar-refractivity contribution >= 4 is 22.6 Å². The van der Waals surface area contributed by atoms with Gasteiger partial charge in [-0.15, -0.1) is 0 Å². The topological polar surface area (TPSA) is 92.8 Å². The molecule has 1 aromatic carbocycles. The monoisotopic (exact) mass is 373 g/mol. The molecular formula is C21H19N5O2. The number of ether oxygens (including phenoxy) is 1. The summed E-state index contributed by atoms with van der Waals surface area (Å²) in [7, 11) is 0. The molecule has 0 saturated heterocycles. The molecule has 7 nitrogen and oxygen atoms in total. The molecule has 0 fully saturated rings. The number of aromatic nitrogens is 4. The summed E-state index contributed by atoms with van der Waals surface area (Å²) in [5, 5.41) is 10.2. The number of nitrogens with one attached hydrogen (secondary N) is 2. The lowest BCUT2D eigenvalue weighted by molar-refractivity contribution is 0.102. The minimum atomic E-state index is -0.290. The number of rotatable bonds is 4. The first kappa shape index (κ1) is 17.7. The molecule has 7 heteroatoms. The molecule has 2 N–H and O–H groups in total. The van der Waals surface area contributed by atoms with E-state index in [4.69, 9.17) is 4.74 Å². The van der Waals surface area contributed by atoms with Gasteiger partial charge in [-0.25, -0.2) is 4.98 Å². The highest BCUT2D eigenvalue weighted by Gasteiger charge is 2.12. The van der Waals surface area contributed by atoms with Crippen LogP contribution >= 0.6 is 0 Å². The van der Waals surface area contributed by atoms with E-state index >= 15 is 0 Å². The first-order chi connectivity index (χ1) is 13.5. The highest BCUT2D eigenvalue weighted by molar-refractivity contribution is 6.03. The summed E-state index contributed by atoms with van der Waals surface area (Å²) in [6, 6.07) is 9.40. The van der Waals surface area contributed by atoms with E-state index in [-0.39, 0.29) is 5.91 Å². The molecule has 4 rings (SSSR count). The van der Waals surface area contributed by atoms with Gasteiger partial charge in [0.15, 0.2) is 0 Å². The van der Waals surface area contributed by atoms with Gasteiger partial charge in [-0.3, -0.25) is 14.9 Å². The van der Waals surface area contributed by atoms with Gasteiger partial charge in [0, 0.05) is 11.6 Å². The van der Waals surface area contributed by atoms with Crippen molar-refractivity contribution in [2.75, 3.05) is 5.32 Å². The number of carbonyl (C=O) groups excluding carboxylic acids is 1. The molecule has 0 saturated carbocycles. The number of nitrogens with zero attached hydrogens (tertiary/aromatic N) is 3. The molecule has 28 heavy (non-hydrogen) atoms. The maximum absolute atomic E-state index is 12.2. The Bertz CT molecular complexity index is 1170. The van der Waals surface area contributed by atoms with Crippen LogP contribution in [0.1, 0.15) is 27.2 Å². The lowest BCUT2D eigenvalue weighted by Crippen LogP contribution is -2.14. The molecule has 0 bridgehead atoms. The number of H-pyrrole nitrogens is 1. The van der Waals surface area contributed by atoms with Gasteiger partial charge in [0.05, 0.1) is 17.9 Å². The van der Waals surface area contributed by atoms with Crippen LogP contribution in [-0.2, 0) is 0 Å². The summed E-state index contributed by atoms with van der Waals surface area (Å²) in [6.45, 7) is 5.93. The Hall–Kier alpha value is -3.74. The molecule has 0 unspecified atom stereocenters. The number of amides is 1. The second-order valence-corrected chi connectivity index (χ2v) is 6.63. The number of aryl methyl sites for hydroxylation is 3.